The molecule has 2 N–H and O–H groups in total. The summed E-state index contributed by atoms with van der Waals surface area (Å²) in [6, 6.07) is 4.91. The molecule has 3 unspecified atom stereocenters. The molecular weight excluding hydrogens is 287 g/mol. The number of halogens is 3. The third kappa shape index (κ3) is 3.68. The summed E-state index contributed by atoms with van der Waals surface area (Å²) in [5.74, 6) is 0.464. The van der Waals surface area contributed by atoms with Crippen LogP contribution in [0, 0.1) is 0 Å². The van der Waals surface area contributed by atoms with Gasteiger partial charge in [-0.2, -0.15) is 24.9 Å². The smallest absolute Gasteiger partial charge is 0.377 e. The average molecular weight is 305 g/mol. The Bertz CT molecular complexity index is 452. The van der Waals surface area contributed by atoms with Crippen molar-refractivity contribution in [3.8, 4) is 0 Å². The summed E-state index contributed by atoms with van der Waals surface area (Å²) in [7, 11) is 0. The lowest BCUT2D eigenvalue weighted by molar-refractivity contribution is -0.138. The van der Waals surface area contributed by atoms with E-state index in [1.54, 1.807) is 17.8 Å². The van der Waals surface area contributed by atoms with Crippen molar-refractivity contribution >= 4 is 11.8 Å². The first kappa shape index (κ1) is 15.7. The fraction of sp³-hybridized carbons (Fsp3) is 0.571. The van der Waals surface area contributed by atoms with Gasteiger partial charge in [-0.05, 0) is 25.0 Å². The van der Waals surface area contributed by atoms with Gasteiger partial charge in [-0.15, -0.1) is 0 Å². The highest BCUT2D eigenvalue weighted by Gasteiger charge is 2.34. The molecule has 3 atom stereocenters. The molecule has 0 amide bonds. The Balaban J connectivity index is 2.04. The SMILES string of the molecule is CC1OCCC1SCC(N)c1ccccc1C(F)(F)F. The summed E-state index contributed by atoms with van der Waals surface area (Å²) in [6.45, 7) is 2.70. The van der Waals surface area contributed by atoms with Crippen molar-refractivity contribution in [2.24, 2.45) is 5.73 Å². The molecule has 0 aromatic heterocycles. The van der Waals surface area contributed by atoms with Crippen molar-refractivity contribution in [2.75, 3.05) is 12.4 Å². The molecule has 1 aromatic rings. The molecular formula is C14H18F3NOS. The first-order valence-electron chi connectivity index (χ1n) is 6.54. The predicted molar refractivity (Wildman–Crippen MR) is 74.6 cm³/mol. The number of ether oxygens (including phenoxy) is 1. The molecule has 0 spiro atoms. The van der Waals surface area contributed by atoms with Crippen LogP contribution in [0.2, 0.25) is 0 Å². The lowest BCUT2D eigenvalue weighted by atomic mass is 10.0. The average Bonchev–Trinajstić information content (AvgIpc) is 2.80. The van der Waals surface area contributed by atoms with E-state index in [2.05, 4.69) is 0 Å². The highest BCUT2D eigenvalue weighted by molar-refractivity contribution is 8.00. The summed E-state index contributed by atoms with van der Waals surface area (Å²) in [5, 5.41) is 0.319. The van der Waals surface area contributed by atoms with Gasteiger partial charge in [-0.1, -0.05) is 18.2 Å². The zero-order chi connectivity index (χ0) is 14.8. The van der Waals surface area contributed by atoms with E-state index in [4.69, 9.17) is 10.5 Å². The minimum atomic E-state index is -4.36. The maximum atomic E-state index is 12.9. The van der Waals surface area contributed by atoms with Crippen LogP contribution in [0.4, 0.5) is 13.2 Å². The van der Waals surface area contributed by atoms with Crippen LogP contribution in [0.3, 0.4) is 0 Å². The zero-order valence-electron chi connectivity index (χ0n) is 11.2. The molecule has 6 heteroatoms. The summed E-state index contributed by atoms with van der Waals surface area (Å²) in [6.07, 6.45) is -3.28. The maximum absolute atomic E-state index is 12.9. The van der Waals surface area contributed by atoms with Crippen LogP contribution in [0.25, 0.3) is 0 Å². The van der Waals surface area contributed by atoms with E-state index in [0.29, 0.717) is 17.6 Å². The topological polar surface area (TPSA) is 35.2 Å². The molecule has 0 saturated carbocycles. The van der Waals surface area contributed by atoms with E-state index in [-0.39, 0.29) is 11.7 Å². The van der Waals surface area contributed by atoms with Crippen molar-refractivity contribution < 1.29 is 17.9 Å². The van der Waals surface area contributed by atoms with Crippen molar-refractivity contribution in [3.05, 3.63) is 35.4 Å². The molecule has 1 saturated heterocycles. The summed E-state index contributed by atoms with van der Waals surface area (Å²) in [4.78, 5) is 0. The van der Waals surface area contributed by atoms with Gasteiger partial charge in [-0.3, -0.25) is 0 Å². The van der Waals surface area contributed by atoms with Crippen molar-refractivity contribution in [1.82, 2.24) is 0 Å². The van der Waals surface area contributed by atoms with Gasteiger partial charge in [0.1, 0.15) is 0 Å². The molecule has 1 fully saturated rings. The van der Waals surface area contributed by atoms with Gasteiger partial charge in [0.15, 0.2) is 0 Å². The first-order valence-corrected chi connectivity index (χ1v) is 7.59. The minimum Gasteiger partial charge on any atom is -0.377 e. The number of alkyl halides is 3. The Hall–Kier alpha value is -0.720. The monoisotopic (exact) mass is 305 g/mol. The molecule has 0 radical (unpaired) electrons. The number of nitrogens with two attached hydrogens (primary N) is 1. The molecule has 2 nitrogen and oxygen atoms in total. The summed E-state index contributed by atoms with van der Waals surface area (Å²) >= 11 is 1.60. The Kier molecular flexibility index (Phi) is 4.99. The second-order valence-electron chi connectivity index (χ2n) is 4.93. The van der Waals surface area contributed by atoms with E-state index in [1.165, 1.54) is 12.1 Å². The standard InChI is InChI=1S/C14H18F3NOS/c1-9-13(6-7-19-9)20-8-12(18)10-4-2-3-5-11(10)14(15,16)17/h2-5,9,12-13H,6-8,18H2,1H3. The van der Waals surface area contributed by atoms with E-state index in [1.807, 2.05) is 6.92 Å². The fourth-order valence-corrected chi connectivity index (χ4v) is 3.57. The number of benzene rings is 1. The summed E-state index contributed by atoms with van der Waals surface area (Å²) < 4.78 is 44.2. The van der Waals surface area contributed by atoms with E-state index in [9.17, 15) is 13.2 Å². The number of rotatable bonds is 4. The van der Waals surface area contributed by atoms with Gasteiger partial charge >= 0.3 is 6.18 Å². The normalized spacial score (nSPS) is 24.9. The van der Waals surface area contributed by atoms with E-state index < -0.39 is 17.8 Å². The summed E-state index contributed by atoms with van der Waals surface area (Å²) in [5.41, 5.74) is 5.48. The second kappa shape index (κ2) is 6.37. The molecule has 2 rings (SSSR count). The van der Waals surface area contributed by atoms with Gasteiger partial charge < -0.3 is 10.5 Å². The first-order chi connectivity index (χ1) is 9.39. The quantitative estimate of drug-likeness (QED) is 0.923. The van der Waals surface area contributed by atoms with Crippen LogP contribution in [-0.2, 0) is 10.9 Å². The highest BCUT2D eigenvalue weighted by Crippen LogP contribution is 2.36. The van der Waals surface area contributed by atoms with Crippen molar-refractivity contribution in [1.29, 1.82) is 0 Å². The molecule has 0 bridgehead atoms. The molecule has 0 aliphatic carbocycles. The Morgan fingerprint density at radius 2 is 2.10 bits per heavy atom. The van der Waals surface area contributed by atoms with Gasteiger partial charge in [0.05, 0.1) is 11.7 Å². The molecule has 1 aromatic carbocycles. The number of hydrogen-bond acceptors (Lipinski definition) is 3. The molecule has 20 heavy (non-hydrogen) atoms. The number of thioether (sulfide) groups is 1. The lowest BCUT2D eigenvalue weighted by Gasteiger charge is -2.20. The second-order valence-corrected chi connectivity index (χ2v) is 6.20. The van der Waals surface area contributed by atoms with Crippen LogP contribution in [-0.4, -0.2) is 23.7 Å². The molecule has 1 aliphatic rings. The minimum absolute atomic E-state index is 0.144. The fourth-order valence-electron chi connectivity index (χ4n) is 2.33. The van der Waals surface area contributed by atoms with Gasteiger partial charge in [0.2, 0.25) is 0 Å². The number of hydrogen-bond donors (Lipinski definition) is 1. The van der Waals surface area contributed by atoms with Gasteiger partial charge in [0, 0.05) is 23.7 Å². The van der Waals surface area contributed by atoms with Crippen LogP contribution < -0.4 is 5.73 Å². The maximum Gasteiger partial charge on any atom is 0.416 e. The molecule has 1 heterocycles. The molecule has 1 aliphatic heterocycles. The van der Waals surface area contributed by atoms with Crippen molar-refractivity contribution in [3.63, 3.8) is 0 Å². The predicted octanol–water partition coefficient (Wildman–Crippen LogP) is 3.62. The van der Waals surface area contributed by atoms with Crippen molar-refractivity contribution in [2.45, 2.75) is 36.9 Å². The van der Waals surface area contributed by atoms with Crippen LogP contribution >= 0.6 is 11.8 Å². The third-order valence-corrected chi connectivity index (χ3v) is 5.06. The van der Waals surface area contributed by atoms with Crippen LogP contribution in [0.5, 0.6) is 0 Å². The lowest BCUT2D eigenvalue weighted by Crippen LogP contribution is -2.22. The third-order valence-electron chi connectivity index (χ3n) is 3.46. The Morgan fingerprint density at radius 1 is 1.40 bits per heavy atom. The van der Waals surface area contributed by atoms with Crippen LogP contribution in [0.1, 0.15) is 30.5 Å². The largest absolute Gasteiger partial charge is 0.416 e. The Labute approximate surface area is 120 Å². The van der Waals surface area contributed by atoms with E-state index >= 15 is 0 Å². The van der Waals surface area contributed by atoms with Gasteiger partial charge in [-0.25, -0.2) is 0 Å². The zero-order valence-corrected chi connectivity index (χ0v) is 12.0. The Morgan fingerprint density at radius 3 is 2.70 bits per heavy atom. The van der Waals surface area contributed by atoms with E-state index in [0.717, 1.165) is 12.5 Å². The highest BCUT2D eigenvalue weighted by atomic mass is 32.2. The van der Waals surface area contributed by atoms with Gasteiger partial charge in [0.25, 0.3) is 0 Å². The van der Waals surface area contributed by atoms with Crippen LogP contribution in [0.15, 0.2) is 24.3 Å². The molecule has 112 valence electrons.